The molecule has 0 heterocycles. The molecule has 0 bridgehead atoms. The van der Waals surface area contributed by atoms with Gasteiger partial charge in [-0.1, -0.05) is 32.1 Å². The molecular weight excluding hydrogens is 308 g/mol. The molecule has 2 atom stereocenters. The van der Waals surface area contributed by atoms with Crippen molar-refractivity contribution in [1.82, 2.24) is 0 Å². The van der Waals surface area contributed by atoms with E-state index in [2.05, 4.69) is 0 Å². The van der Waals surface area contributed by atoms with E-state index in [-0.39, 0.29) is 24.7 Å². The number of carboxylic acid groups (broad SMARTS) is 4. The van der Waals surface area contributed by atoms with Crippen LogP contribution in [0, 0.1) is 23.7 Å². The Balaban J connectivity index is 2.90. The SMILES string of the molecule is O=C(O)C(CC1CCCCCC1CC(C(=O)O)C(=O)O)C(=O)O. The molecule has 1 saturated carbocycles. The lowest BCUT2D eigenvalue weighted by molar-refractivity contribution is -0.158. The van der Waals surface area contributed by atoms with Gasteiger partial charge in [-0.2, -0.15) is 0 Å². The van der Waals surface area contributed by atoms with Gasteiger partial charge in [-0.25, -0.2) is 0 Å². The summed E-state index contributed by atoms with van der Waals surface area (Å²) in [4.78, 5) is 44.3. The van der Waals surface area contributed by atoms with Crippen molar-refractivity contribution in [3.8, 4) is 0 Å². The quantitative estimate of drug-likeness (QED) is 0.386. The van der Waals surface area contributed by atoms with E-state index in [4.69, 9.17) is 20.4 Å². The molecule has 8 heteroatoms. The standard InChI is InChI=1S/C15H22O8/c16-12(17)10(13(18)19)6-8-4-2-1-3-5-9(8)7-11(14(20)21)15(22)23/h8-11H,1-7H2,(H,16,17)(H,18,19)(H,20,21)(H,22,23). The molecular formula is C15H22O8. The largest absolute Gasteiger partial charge is 0.481 e. The van der Waals surface area contributed by atoms with Crippen molar-refractivity contribution >= 4 is 23.9 Å². The Morgan fingerprint density at radius 1 is 0.652 bits per heavy atom. The third-order valence-electron chi connectivity index (χ3n) is 4.59. The molecule has 0 aliphatic heterocycles. The van der Waals surface area contributed by atoms with Gasteiger partial charge < -0.3 is 20.4 Å². The van der Waals surface area contributed by atoms with Crippen LogP contribution in [0.4, 0.5) is 0 Å². The fourth-order valence-electron chi connectivity index (χ4n) is 3.30. The second-order valence-electron chi connectivity index (χ2n) is 6.09. The number of carbonyl (C=O) groups is 4. The van der Waals surface area contributed by atoms with E-state index in [1.165, 1.54) is 0 Å². The highest BCUT2D eigenvalue weighted by molar-refractivity contribution is 5.93. The zero-order valence-electron chi connectivity index (χ0n) is 12.7. The van der Waals surface area contributed by atoms with Crippen LogP contribution in [0.15, 0.2) is 0 Å². The lowest BCUT2D eigenvalue weighted by Gasteiger charge is -2.27. The van der Waals surface area contributed by atoms with E-state index >= 15 is 0 Å². The summed E-state index contributed by atoms with van der Waals surface area (Å²) in [6, 6.07) is 0. The Morgan fingerprint density at radius 3 is 1.22 bits per heavy atom. The van der Waals surface area contributed by atoms with Crippen LogP contribution >= 0.6 is 0 Å². The van der Waals surface area contributed by atoms with Gasteiger partial charge in [0.1, 0.15) is 0 Å². The number of hydrogen-bond acceptors (Lipinski definition) is 4. The first kappa shape index (κ1) is 18.9. The topological polar surface area (TPSA) is 149 Å². The molecule has 1 aliphatic rings. The van der Waals surface area contributed by atoms with Gasteiger partial charge in [-0.3, -0.25) is 19.2 Å². The molecule has 0 radical (unpaired) electrons. The van der Waals surface area contributed by atoms with E-state index in [0.717, 1.165) is 19.3 Å². The van der Waals surface area contributed by atoms with Gasteiger partial charge in [-0.15, -0.1) is 0 Å². The molecule has 0 spiro atoms. The highest BCUT2D eigenvalue weighted by Crippen LogP contribution is 2.37. The van der Waals surface area contributed by atoms with E-state index < -0.39 is 35.7 Å². The predicted octanol–water partition coefficient (Wildman–Crippen LogP) is 1.53. The summed E-state index contributed by atoms with van der Waals surface area (Å²) < 4.78 is 0. The zero-order valence-corrected chi connectivity index (χ0v) is 12.7. The van der Waals surface area contributed by atoms with Crippen LogP contribution in [0.5, 0.6) is 0 Å². The number of carboxylic acids is 4. The van der Waals surface area contributed by atoms with E-state index in [9.17, 15) is 19.2 Å². The minimum Gasteiger partial charge on any atom is -0.481 e. The summed E-state index contributed by atoms with van der Waals surface area (Å²) >= 11 is 0. The van der Waals surface area contributed by atoms with E-state index in [1.807, 2.05) is 0 Å². The highest BCUT2D eigenvalue weighted by atomic mass is 16.4. The average molecular weight is 330 g/mol. The fourth-order valence-corrected chi connectivity index (χ4v) is 3.30. The molecule has 1 aliphatic carbocycles. The van der Waals surface area contributed by atoms with Crippen LogP contribution in [0.1, 0.15) is 44.9 Å². The van der Waals surface area contributed by atoms with Crippen molar-refractivity contribution in [3.63, 3.8) is 0 Å². The van der Waals surface area contributed by atoms with Crippen molar-refractivity contribution < 1.29 is 39.6 Å². The van der Waals surface area contributed by atoms with E-state index in [1.54, 1.807) is 0 Å². The minimum absolute atomic E-state index is 0.0959. The second kappa shape index (κ2) is 8.50. The predicted molar refractivity (Wildman–Crippen MR) is 76.8 cm³/mol. The normalized spacial score (nSPS) is 21.8. The summed E-state index contributed by atoms with van der Waals surface area (Å²) in [6.07, 6.45) is 3.49. The van der Waals surface area contributed by atoms with Crippen LogP contribution in [0.25, 0.3) is 0 Å². The fraction of sp³-hybridized carbons (Fsp3) is 0.733. The van der Waals surface area contributed by atoms with Crippen LogP contribution in [-0.2, 0) is 19.2 Å². The summed E-state index contributed by atoms with van der Waals surface area (Å²) in [5.74, 6) is -9.38. The van der Waals surface area contributed by atoms with Gasteiger partial charge in [-0.05, 0) is 24.7 Å². The van der Waals surface area contributed by atoms with Gasteiger partial charge in [0.25, 0.3) is 0 Å². The molecule has 130 valence electrons. The molecule has 0 aromatic carbocycles. The maximum Gasteiger partial charge on any atom is 0.317 e. The molecule has 23 heavy (non-hydrogen) atoms. The first-order valence-electron chi connectivity index (χ1n) is 7.65. The maximum atomic E-state index is 11.1. The van der Waals surface area contributed by atoms with Crippen molar-refractivity contribution in [3.05, 3.63) is 0 Å². The molecule has 0 amide bonds. The van der Waals surface area contributed by atoms with E-state index in [0.29, 0.717) is 12.8 Å². The Hall–Kier alpha value is -2.12. The summed E-state index contributed by atoms with van der Waals surface area (Å²) in [5.41, 5.74) is 0. The Kier molecular flexibility index (Phi) is 6.99. The van der Waals surface area contributed by atoms with Gasteiger partial charge >= 0.3 is 23.9 Å². The lowest BCUT2D eigenvalue weighted by atomic mass is 9.77. The van der Waals surface area contributed by atoms with Gasteiger partial charge in [0.05, 0.1) is 0 Å². The minimum atomic E-state index is -1.55. The number of aliphatic carboxylic acids is 4. The van der Waals surface area contributed by atoms with Crippen molar-refractivity contribution in [2.24, 2.45) is 23.7 Å². The lowest BCUT2D eigenvalue weighted by Crippen LogP contribution is -2.32. The Labute approximate surface area is 133 Å². The van der Waals surface area contributed by atoms with Crippen molar-refractivity contribution in [1.29, 1.82) is 0 Å². The van der Waals surface area contributed by atoms with Crippen LogP contribution in [0.3, 0.4) is 0 Å². The van der Waals surface area contributed by atoms with Crippen LogP contribution < -0.4 is 0 Å². The third-order valence-corrected chi connectivity index (χ3v) is 4.59. The third kappa shape index (κ3) is 5.54. The van der Waals surface area contributed by atoms with Crippen molar-refractivity contribution in [2.45, 2.75) is 44.9 Å². The first-order valence-corrected chi connectivity index (χ1v) is 7.65. The van der Waals surface area contributed by atoms with Crippen LogP contribution in [-0.4, -0.2) is 44.3 Å². The molecule has 4 N–H and O–H groups in total. The highest BCUT2D eigenvalue weighted by Gasteiger charge is 2.37. The second-order valence-corrected chi connectivity index (χ2v) is 6.09. The molecule has 2 unspecified atom stereocenters. The molecule has 0 aromatic heterocycles. The van der Waals surface area contributed by atoms with Gasteiger partial charge in [0.2, 0.25) is 0 Å². The smallest absolute Gasteiger partial charge is 0.317 e. The summed E-state index contributed by atoms with van der Waals surface area (Å²) in [5, 5.41) is 36.1. The number of rotatable bonds is 8. The average Bonchev–Trinajstić information content (AvgIpc) is 2.65. The van der Waals surface area contributed by atoms with Gasteiger partial charge in [0.15, 0.2) is 11.8 Å². The molecule has 0 saturated heterocycles. The maximum absolute atomic E-state index is 11.1. The summed E-state index contributed by atoms with van der Waals surface area (Å²) in [7, 11) is 0. The first-order chi connectivity index (χ1) is 10.7. The molecule has 0 aromatic rings. The summed E-state index contributed by atoms with van der Waals surface area (Å²) in [6.45, 7) is 0. The number of hydrogen-bond donors (Lipinski definition) is 4. The molecule has 1 rings (SSSR count). The Morgan fingerprint density at radius 2 is 0.957 bits per heavy atom. The molecule has 8 nitrogen and oxygen atoms in total. The van der Waals surface area contributed by atoms with Crippen molar-refractivity contribution in [2.75, 3.05) is 0 Å². The molecule has 1 fully saturated rings. The van der Waals surface area contributed by atoms with Crippen LogP contribution in [0.2, 0.25) is 0 Å². The van der Waals surface area contributed by atoms with Gasteiger partial charge in [0, 0.05) is 0 Å². The Bertz CT molecular complexity index is 402. The monoisotopic (exact) mass is 330 g/mol. The zero-order chi connectivity index (χ0) is 17.6.